The average molecular weight is 711 g/mol. The maximum absolute atomic E-state index is 14.6. The Morgan fingerprint density at radius 2 is 1.75 bits per heavy atom. The Morgan fingerprint density at radius 3 is 2.51 bits per heavy atom. The van der Waals surface area contributed by atoms with Gasteiger partial charge in [0.1, 0.15) is 12.4 Å². The molecule has 2 fully saturated rings. The lowest BCUT2D eigenvalue weighted by molar-refractivity contribution is -0.119. The van der Waals surface area contributed by atoms with Gasteiger partial charge < -0.3 is 19.9 Å². The van der Waals surface area contributed by atoms with Gasteiger partial charge in [-0.3, -0.25) is 14.6 Å². The second-order valence-electron chi connectivity index (χ2n) is 14.8. The molecule has 2 amide bonds. The van der Waals surface area contributed by atoms with Crippen LogP contribution in [0.1, 0.15) is 67.2 Å². The molecule has 3 aliphatic heterocycles. The van der Waals surface area contributed by atoms with Crippen LogP contribution in [0.3, 0.4) is 0 Å². The summed E-state index contributed by atoms with van der Waals surface area (Å²) < 4.78 is 36.4. The number of sulfonamides is 1. The first kappa shape index (κ1) is 34.3. The second kappa shape index (κ2) is 13.2. The lowest BCUT2D eigenvalue weighted by atomic mass is 9.87. The molecule has 2 aromatic heterocycles. The summed E-state index contributed by atoms with van der Waals surface area (Å²) in [5, 5.41) is 3.04. The highest BCUT2D eigenvalue weighted by molar-refractivity contribution is 7.92. The Kier molecular flexibility index (Phi) is 8.90. The SMILES string of the molecule is Cc1cccc(C)c1-c1cc2nc(n1)NS(=O)(=O)c1cccc(c1)C(=O)N(Cc1cncc(N3CCC4NC(=O)CC43)n1)[C@H](CC(C)(C)C)CO2. The Hall–Kier alpha value is -5.11. The van der Waals surface area contributed by atoms with Gasteiger partial charge in [-0.15, -0.1) is 0 Å². The van der Waals surface area contributed by atoms with Crippen LogP contribution in [-0.2, 0) is 21.4 Å². The number of anilines is 2. The number of benzene rings is 2. The fourth-order valence-corrected chi connectivity index (χ4v) is 8.33. The van der Waals surface area contributed by atoms with Crippen LogP contribution in [0.25, 0.3) is 11.3 Å². The molecular formula is C37H42N8O5S. The van der Waals surface area contributed by atoms with Gasteiger partial charge in [-0.2, -0.15) is 4.98 Å². The molecule has 0 spiro atoms. The zero-order chi connectivity index (χ0) is 36.1. The van der Waals surface area contributed by atoms with Crippen LogP contribution >= 0.6 is 0 Å². The van der Waals surface area contributed by atoms with E-state index in [9.17, 15) is 18.0 Å². The molecule has 51 heavy (non-hydrogen) atoms. The number of ether oxygens (including phenoxy) is 1. The number of nitrogens with one attached hydrogen (secondary N) is 2. The van der Waals surface area contributed by atoms with Crippen molar-refractivity contribution in [2.75, 3.05) is 22.8 Å². The minimum absolute atomic E-state index is 0.000654. The molecule has 0 radical (unpaired) electrons. The fourth-order valence-electron chi connectivity index (χ4n) is 7.35. The minimum atomic E-state index is -4.20. The van der Waals surface area contributed by atoms with Crippen LogP contribution in [0.15, 0.2) is 65.8 Å². The molecular weight excluding hydrogens is 669 g/mol. The monoisotopic (exact) mass is 710 g/mol. The molecule has 5 heterocycles. The highest BCUT2D eigenvalue weighted by atomic mass is 32.2. The number of aryl methyl sites for hydroxylation is 2. The van der Waals surface area contributed by atoms with Crippen molar-refractivity contribution in [2.45, 2.75) is 83.4 Å². The number of aromatic nitrogens is 4. The molecule has 14 heteroatoms. The maximum atomic E-state index is 14.6. The summed E-state index contributed by atoms with van der Waals surface area (Å²) in [5.74, 6) is 0.326. The Bertz CT molecular complexity index is 2100. The summed E-state index contributed by atoms with van der Waals surface area (Å²) in [5.41, 5.74) is 3.80. The number of rotatable bonds is 5. The normalized spacial score (nSPS) is 21.5. The molecule has 0 aliphatic carbocycles. The highest BCUT2D eigenvalue weighted by Crippen LogP contribution is 2.33. The molecule has 3 atom stereocenters. The quantitative estimate of drug-likeness (QED) is 0.298. The fraction of sp³-hybridized carbons (Fsp3) is 0.405. The number of carbonyl (C=O) groups is 2. The summed E-state index contributed by atoms with van der Waals surface area (Å²) in [6, 6.07) is 13.2. The first-order chi connectivity index (χ1) is 24.2. The second-order valence-corrected chi connectivity index (χ2v) is 16.5. The summed E-state index contributed by atoms with van der Waals surface area (Å²) in [7, 11) is -4.20. The van der Waals surface area contributed by atoms with E-state index in [4.69, 9.17) is 9.72 Å². The van der Waals surface area contributed by atoms with E-state index in [-0.39, 0.29) is 64.8 Å². The number of hydrogen-bond donors (Lipinski definition) is 2. The predicted octanol–water partition coefficient (Wildman–Crippen LogP) is 4.66. The third kappa shape index (κ3) is 7.23. The van der Waals surface area contributed by atoms with Gasteiger partial charge in [-0.25, -0.2) is 23.1 Å². The van der Waals surface area contributed by atoms with E-state index in [1.807, 2.05) is 32.0 Å². The molecule has 2 N–H and O–H groups in total. The van der Waals surface area contributed by atoms with E-state index in [2.05, 4.69) is 50.7 Å². The van der Waals surface area contributed by atoms with Crippen LogP contribution < -0.4 is 19.7 Å². The minimum Gasteiger partial charge on any atom is -0.475 e. The van der Waals surface area contributed by atoms with Crippen molar-refractivity contribution in [3.63, 3.8) is 0 Å². The van der Waals surface area contributed by atoms with Gasteiger partial charge in [0.05, 0.1) is 53.3 Å². The van der Waals surface area contributed by atoms with Crippen LogP contribution in [-0.4, -0.2) is 76.3 Å². The Morgan fingerprint density at radius 1 is 0.980 bits per heavy atom. The maximum Gasteiger partial charge on any atom is 0.264 e. The number of nitrogens with zero attached hydrogens (tertiary/aromatic N) is 6. The molecule has 4 bridgehead atoms. The van der Waals surface area contributed by atoms with Gasteiger partial charge >= 0.3 is 0 Å². The smallest absolute Gasteiger partial charge is 0.264 e. The van der Waals surface area contributed by atoms with E-state index < -0.39 is 16.1 Å². The van der Waals surface area contributed by atoms with E-state index in [1.165, 1.54) is 12.1 Å². The standard InChI is InChI=1S/C37H42N8O5S/c1-22-8-6-9-23(2)34(22)29-15-33-42-36(41-29)43-51(48,49)27-11-7-10-24(14-27)35(47)45(26(21-50-33)17-37(3,4)5)20-25-18-38-19-31(39-25)44-13-12-28-30(44)16-32(46)40-28/h6-11,14-15,18-19,26,28,30H,12-13,16-17,20-21H2,1-5H3,(H,40,46)(H,41,42,43)/t26-,28?,30?/m1/s1. The van der Waals surface area contributed by atoms with Gasteiger partial charge in [-0.05, 0) is 61.4 Å². The molecule has 0 saturated carbocycles. The Labute approximate surface area is 297 Å². The largest absolute Gasteiger partial charge is 0.475 e. The van der Waals surface area contributed by atoms with E-state index in [1.54, 1.807) is 35.5 Å². The van der Waals surface area contributed by atoms with E-state index >= 15 is 0 Å². The van der Waals surface area contributed by atoms with Crippen molar-refractivity contribution < 1.29 is 22.7 Å². The van der Waals surface area contributed by atoms with Crippen molar-refractivity contribution in [2.24, 2.45) is 5.41 Å². The van der Waals surface area contributed by atoms with Crippen molar-refractivity contribution in [1.29, 1.82) is 0 Å². The van der Waals surface area contributed by atoms with Gasteiger partial charge in [0, 0.05) is 30.2 Å². The molecule has 3 aliphatic rings. The summed E-state index contributed by atoms with van der Waals surface area (Å²) >= 11 is 0. The van der Waals surface area contributed by atoms with Crippen molar-refractivity contribution in [1.82, 2.24) is 30.2 Å². The van der Waals surface area contributed by atoms with Crippen molar-refractivity contribution in [3.8, 4) is 17.1 Å². The highest BCUT2D eigenvalue weighted by Gasteiger charge is 2.42. The van der Waals surface area contributed by atoms with Crippen molar-refractivity contribution in [3.05, 3.63) is 83.3 Å². The van der Waals surface area contributed by atoms with Crippen LogP contribution in [0, 0.1) is 19.3 Å². The first-order valence-electron chi connectivity index (χ1n) is 17.1. The number of carbonyl (C=O) groups excluding carboxylic acids is 2. The Balaban J connectivity index is 1.31. The van der Waals surface area contributed by atoms with Gasteiger partial charge in [0.15, 0.2) is 0 Å². The lowest BCUT2D eigenvalue weighted by Crippen LogP contribution is -2.45. The third-order valence-electron chi connectivity index (χ3n) is 9.62. The zero-order valence-electron chi connectivity index (χ0n) is 29.4. The predicted molar refractivity (Wildman–Crippen MR) is 192 cm³/mol. The van der Waals surface area contributed by atoms with Gasteiger partial charge in [-0.1, -0.05) is 45.0 Å². The zero-order valence-corrected chi connectivity index (χ0v) is 30.2. The van der Waals surface area contributed by atoms with Crippen LogP contribution in [0.5, 0.6) is 5.88 Å². The number of amides is 2. The van der Waals surface area contributed by atoms with Gasteiger partial charge in [0.2, 0.25) is 17.7 Å². The number of fused-ring (bicyclic) bond motifs is 5. The van der Waals surface area contributed by atoms with Crippen LogP contribution in [0.4, 0.5) is 11.8 Å². The average Bonchev–Trinajstić information content (AvgIpc) is 3.63. The molecule has 7 rings (SSSR count). The molecule has 2 saturated heterocycles. The summed E-state index contributed by atoms with van der Waals surface area (Å²) in [6.45, 7) is 11.1. The molecule has 2 unspecified atom stereocenters. The van der Waals surface area contributed by atoms with Gasteiger partial charge in [0.25, 0.3) is 15.9 Å². The summed E-state index contributed by atoms with van der Waals surface area (Å²) in [6.07, 6.45) is 5.09. The number of hydrogen-bond acceptors (Lipinski definition) is 10. The lowest BCUT2D eigenvalue weighted by Gasteiger charge is -2.35. The first-order valence-corrected chi connectivity index (χ1v) is 18.6. The molecule has 266 valence electrons. The van der Waals surface area contributed by atoms with Crippen LogP contribution in [0.2, 0.25) is 0 Å². The third-order valence-corrected chi connectivity index (χ3v) is 10.9. The van der Waals surface area contributed by atoms with E-state index in [0.717, 1.165) is 29.7 Å². The van der Waals surface area contributed by atoms with E-state index in [0.29, 0.717) is 30.0 Å². The molecule has 4 aromatic rings. The topological polar surface area (TPSA) is 160 Å². The molecule has 2 aromatic carbocycles. The summed E-state index contributed by atoms with van der Waals surface area (Å²) in [4.78, 5) is 48.9. The van der Waals surface area contributed by atoms with Crippen molar-refractivity contribution >= 4 is 33.6 Å². The molecule has 13 nitrogen and oxygen atoms in total.